The minimum atomic E-state index is 0. The van der Waals surface area contributed by atoms with Crippen molar-refractivity contribution in [3.8, 4) is 5.75 Å². The van der Waals surface area contributed by atoms with Crippen molar-refractivity contribution in [3.05, 3.63) is 65.7 Å². The Kier molecular flexibility index (Phi) is 7.10. The zero-order valence-corrected chi connectivity index (χ0v) is 15.0. The van der Waals surface area contributed by atoms with Crippen LogP contribution in [0.1, 0.15) is 24.5 Å². The first-order chi connectivity index (χ1) is 11.2. The normalized spacial score (nSPS) is 21.1. The first kappa shape index (κ1) is 18.8. The van der Waals surface area contributed by atoms with E-state index in [0.717, 1.165) is 31.8 Å². The summed E-state index contributed by atoms with van der Waals surface area (Å²) in [5, 5.41) is 0. The third-order valence-corrected chi connectivity index (χ3v) is 4.61. The molecule has 0 aliphatic carbocycles. The summed E-state index contributed by atoms with van der Waals surface area (Å²) in [6, 6.07) is 19.1. The maximum absolute atomic E-state index is 6.11. The van der Waals surface area contributed by atoms with Gasteiger partial charge in [0.15, 0.2) is 0 Å². The van der Waals surface area contributed by atoms with E-state index < -0.39 is 0 Å². The quantitative estimate of drug-likeness (QED) is 0.893. The predicted octanol–water partition coefficient (Wildman–Crippen LogP) is 3.86. The Morgan fingerprint density at radius 1 is 1.08 bits per heavy atom. The first-order valence-corrected chi connectivity index (χ1v) is 8.44. The van der Waals surface area contributed by atoms with Gasteiger partial charge in [0.05, 0.1) is 0 Å². The Morgan fingerprint density at radius 3 is 2.58 bits per heavy atom. The van der Waals surface area contributed by atoms with E-state index in [2.05, 4.69) is 42.2 Å². The van der Waals surface area contributed by atoms with E-state index in [1.807, 2.05) is 24.3 Å². The molecule has 3 rings (SSSR count). The Labute approximate surface area is 151 Å². The smallest absolute Gasteiger partial charge is 0.120 e. The van der Waals surface area contributed by atoms with Crippen molar-refractivity contribution in [1.82, 2.24) is 4.90 Å². The van der Waals surface area contributed by atoms with Gasteiger partial charge < -0.3 is 10.5 Å². The zero-order chi connectivity index (χ0) is 16.1. The van der Waals surface area contributed by atoms with E-state index in [4.69, 9.17) is 10.5 Å². The van der Waals surface area contributed by atoms with Crippen LogP contribution in [0.5, 0.6) is 5.75 Å². The van der Waals surface area contributed by atoms with Gasteiger partial charge >= 0.3 is 0 Å². The van der Waals surface area contributed by atoms with Crippen molar-refractivity contribution in [3.63, 3.8) is 0 Å². The maximum atomic E-state index is 6.11. The molecule has 2 atom stereocenters. The zero-order valence-electron chi connectivity index (χ0n) is 14.2. The van der Waals surface area contributed by atoms with Crippen LogP contribution in [-0.2, 0) is 13.2 Å². The van der Waals surface area contributed by atoms with Crippen molar-refractivity contribution in [1.29, 1.82) is 0 Å². The van der Waals surface area contributed by atoms with Gasteiger partial charge in [-0.05, 0) is 42.1 Å². The van der Waals surface area contributed by atoms with E-state index in [1.165, 1.54) is 11.1 Å². The average molecular weight is 347 g/mol. The molecule has 4 heteroatoms. The molecule has 0 bridgehead atoms. The number of halogens is 1. The molecule has 24 heavy (non-hydrogen) atoms. The van der Waals surface area contributed by atoms with Crippen LogP contribution >= 0.6 is 12.4 Å². The number of hydrogen-bond donors (Lipinski definition) is 1. The van der Waals surface area contributed by atoms with Crippen LogP contribution in [0.3, 0.4) is 0 Å². The molecule has 1 heterocycles. The molecule has 0 aromatic heterocycles. The van der Waals surface area contributed by atoms with Crippen LogP contribution in [0.4, 0.5) is 0 Å². The number of rotatable bonds is 5. The predicted molar refractivity (Wildman–Crippen MR) is 101 cm³/mol. The highest BCUT2D eigenvalue weighted by Gasteiger charge is 2.22. The number of nitrogens with two attached hydrogens (primary N) is 1. The molecule has 3 nitrogen and oxygen atoms in total. The Hall–Kier alpha value is -1.55. The fourth-order valence-electron chi connectivity index (χ4n) is 3.13. The molecular formula is C20H27ClN2O. The Morgan fingerprint density at radius 2 is 1.83 bits per heavy atom. The summed E-state index contributed by atoms with van der Waals surface area (Å²) in [5.74, 6) is 1.51. The average Bonchev–Trinajstić information content (AvgIpc) is 2.58. The van der Waals surface area contributed by atoms with E-state index in [1.54, 1.807) is 0 Å². The van der Waals surface area contributed by atoms with Gasteiger partial charge in [-0.1, -0.05) is 49.4 Å². The molecule has 2 unspecified atom stereocenters. The fraction of sp³-hybridized carbons (Fsp3) is 0.400. The summed E-state index contributed by atoms with van der Waals surface area (Å²) >= 11 is 0. The fourth-order valence-corrected chi connectivity index (χ4v) is 3.13. The van der Waals surface area contributed by atoms with Crippen LogP contribution in [0, 0.1) is 5.92 Å². The number of hydrogen-bond acceptors (Lipinski definition) is 3. The standard InChI is InChI=1S/C20H26N2O.ClH/c1-16-13-22(11-10-20(16)21)14-18-8-5-9-19(12-18)23-15-17-6-3-2-4-7-17;/h2-9,12,16,20H,10-11,13-15,21H2,1H3;1H. The summed E-state index contributed by atoms with van der Waals surface area (Å²) in [7, 11) is 0. The van der Waals surface area contributed by atoms with Gasteiger partial charge in [-0.3, -0.25) is 4.90 Å². The first-order valence-electron chi connectivity index (χ1n) is 8.44. The summed E-state index contributed by atoms with van der Waals surface area (Å²) in [5.41, 5.74) is 8.60. The molecule has 2 aromatic carbocycles. The van der Waals surface area contributed by atoms with Gasteiger partial charge in [0.2, 0.25) is 0 Å². The molecule has 1 fully saturated rings. The van der Waals surface area contributed by atoms with Gasteiger partial charge in [-0.25, -0.2) is 0 Å². The molecule has 0 saturated carbocycles. The number of likely N-dealkylation sites (tertiary alicyclic amines) is 1. The summed E-state index contributed by atoms with van der Waals surface area (Å²) in [6.45, 7) is 5.99. The van der Waals surface area contributed by atoms with E-state index in [-0.39, 0.29) is 12.4 Å². The Balaban J connectivity index is 0.00000208. The molecule has 0 radical (unpaired) electrons. The van der Waals surface area contributed by atoms with Crippen LogP contribution in [0.2, 0.25) is 0 Å². The molecule has 130 valence electrons. The van der Waals surface area contributed by atoms with Crippen LogP contribution in [0.15, 0.2) is 54.6 Å². The second-order valence-corrected chi connectivity index (χ2v) is 6.59. The van der Waals surface area contributed by atoms with Gasteiger partial charge in [-0.15, -0.1) is 12.4 Å². The van der Waals surface area contributed by atoms with Crippen molar-refractivity contribution >= 4 is 12.4 Å². The van der Waals surface area contributed by atoms with Crippen molar-refractivity contribution in [2.45, 2.75) is 32.5 Å². The number of ether oxygens (including phenoxy) is 1. The van der Waals surface area contributed by atoms with Crippen molar-refractivity contribution in [2.24, 2.45) is 11.7 Å². The van der Waals surface area contributed by atoms with Gasteiger partial charge in [0, 0.05) is 19.1 Å². The molecule has 1 aliphatic heterocycles. The molecular weight excluding hydrogens is 320 g/mol. The third kappa shape index (κ3) is 5.23. The van der Waals surface area contributed by atoms with E-state index in [0.29, 0.717) is 18.6 Å². The third-order valence-electron chi connectivity index (χ3n) is 4.61. The summed E-state index contributed by atoms with van der Waals surface area (Å²) in [6.07, 6.45) is 1.09. The van der Waals surface area contributed by atoms with E-state index in [9.17, 15) is 0 Å². The SMILES string of the molecule is CC1CN(Cc2cccc(OCc3ccccc3)c2)CCC1N.Cl. The second-order valence-electron chi connectivity index (χ2n) is 6.59. The molecule has 2 N–H and O–H groups in total. The summed E-state index contributed by atoms with van der Waals surface area (Å²) < 4.78 is 5.92. The minimum absolute atomic E-state index is 0. The molecule has 1 saturated heterocycles. The second kappa shape index (κ2) is 9.07. The molecule has 2 aromatic rings. The lowest BCUT2D eigenvalue weighted by atomic mass is 9.94. The monoisotopic (exact) mass is 346 g/mol. The minimum Gasteiger partial charge on any atom is -0.489 e. The highest BCUT2D eigenvalue weighted by Crippen LogP contribution is 2.20. The number of piperidine rings is 1. The van der Waals surface area contributed by atoms with Crippen molar-refractivity contribution in [2.75, 3.05) is 13.1 Å². The largest absolute Gasteiger partial charge is 0.489 e. The Bertz CT molecular complexity index is 620. The summed E-state index contributed by atoms with van der Waals surface area (Å²) in [4.78, 5) is 2.49. The van der Waals surface area contributed by atoms with Gasteiger partial charge in [-0.2, -0.15) is 0 Å². The highest BCUT2D eigenvalue weighted by molar-refractivity contribution is 5.85. The van der Waals surface area contributed by atoms with E-state index >= 15 is 0 Å². The number of nitrogens with zero attached hydrogens (tertiary/aromatic N) is 1. The topological polar surface area (TPSA) is 38.5 Å². The lowest BCUT2D eigenvalue weighted by molar-refractivity contribution is 0.157. The van der Waals surface area contributed by atoms with Crippen molar-refractivity contribution < 1.29 is 4.74 Å². The maximum Gasteiger partial charge on any atom is 0.120 e. The lowest BCUT2D eigenvalue weighted by Gasteiger charge is -2.35. The van der Waals surface area contributed by atoms with Gasteiger partial charge in [0.1, 0.15) is 12.4 Å². The van der Waals surface area contributed by atoms with Gasteiger partial charge in [0.25, 0.3) is 0 Å². The number of benzene rings is 2. The highest BCUT2D eigenvalue weighted by atomic mass is 35.5. The van der Waals surface area contributed by atoms with Crippen LogP contribution in [-0.4, -0.2) is 24.0 Å². The van der Waals surface area contributed by atoms with Crippen LogP contribution < -0.4 is 10.5 Å². The molecule has 0 amide bonds. The molecule has 1 aliphatic rings. The van der Waals surface area contributed by atoms with Crippen LogP contribution in [0.25, 0.3) is 0 Å². The molecule has 0 spiro atoms. The lowest BCUT2D eigenvalue weighted by Crippen LogP contribution is -2.45.